The lowest BCUT2D eigenvalue weighted by Crippen LogP contribution is -2.48. The molecule has 1 fully saturated rings. The lowest BCUT2D eigenvalue weighted by atomic mass is 10.2. The van der Waals surface area contributed by atoms with Gasteiger partial charge >= 0.3 is 0 Å². The summed E-state index contributed by atoms with van der Waals surface area (Å²) < 4.78 is 32.4. The molecule has 0 atom stereocenters. The van der Waals surface area contributed by atoms with Crippen molar-refractivity contribution in [1.82, 2.24) is 19.2 Å². The lowest BCUT2D eigenvalue weighted by molar-refractivity contribution is 0.0595. The van der Waals surface area contributed by atoms with E-state index in [9.17, 15) is 18.0 Å². The zero-order valence-corrected chi connectivity index (χ0v) is 19.8. The summed E-state index contributed by atoms with van der Waals surface area (Å²) in [5.41, 5.74) is 0.947. The number of hydrogen-bond donors (Lipinski definition) is 0. The van der Waals surface area contributed by atoms with Crippen molar-refractivity contribution in [3.05, 3.63) is 87.7 Å². The number of furan rings is 1. The number of carbonyl (C=O) groups excluding carboxylic acids is 1. The molecule has 1 amide bonds. The van der Waals surface area contributed by atoms with Crippen LogP contribution in [0.5, 0.6) is 0 Å². The summed E-state index contributed by atoms with van der Waals surface area (Å²) >= 11 is 1.41. The molecule has 0 radical (unpaired) electrons. The van der Waals surface area contributed by atoms with E-state index in [4.69, 9.17) is 4.42 Å². The van der Waals surface area contributed by atoms with Gasteiger partial charge in [0.05, 0.1) is 22.6 Å². The number of nitrogens with zero attached hydrogens (tertiary/aromatic N) is 4. The Balaban J connectivity index is 1.23. The van der Waals surface area contributed by atoms with Gasteiger partial charge in [0.15, 0.2) is 20.6 Å². The summed E-state index contributed by atoms with van der Waals surface area (Å²) in [5.74, 6) is -0.564. The predicted octanol–water partition coefficient (Wildman–Crippen LogP) is 2.28. The van der Waals surface area contributed by atoms with Gasteiger partial charge in [-0.2, -0.15) is 0 Å². The maximum atomic E-state index is 13.1. The van der Waals surface area contributed by atoms with Crippen molar-refractivity contribution < 1.29 is 17.6 Å². The topological polar surface area (TPSA) is 105 Å². The first-order chi connectivity index (χ1) is 16.4. The molecule has 176 valence electrons. The van der Waals surface area contributed by atoms with Crippen molar-refractivity contribution in [2.45, 2.75) is 17.2 Å². The highest BCUT2D eigenvalue weighted by molar-refractivity contribution is 7.90. The Morgan fingerprint density at radius 2 is 1.85 bits per heavy atom. The normalized spacial score (nSPS) is 15.1. The van der Waals surface area contributed by atoms with Crippen LogP contribution in [0.15, 0.2) is 74.4 Å². The molecule has 1 saturated heterocycles. The molecule has 9 nitrogen and oxygen atoms in total. The molecule has 11 heteroatoms. The van der Waals surface area contributed by atoms with Gasteiger partial charge in [-0.3, -0.25) is 18.9 Å². The first-order valence-corrected chi connectivity index (χ1v) is 13.3. The van der Waals surface area contributed by atoms with Gasteiger partial charge in [0.25, 0.3) is 11.5 Å². The molecule has 4 heterocycles. The molecule has 4 aromatic rings. The maximum Gasteiger partial charge on any atom is 0.289 e. The number of piperazine rings is 1. The zero-order chi connectivity index (χ0) is 23.7. The fourth-order valence-electron chi connectivity index (χ4n) is 4.00. The molecule has 0 N–H and O–H groups in total. The summed E-state index contributed by atoms with van der Waals surface area (Å²) in [6, 6.07) is 11.2. The minimum atomic E-state index is -3.60. The summed E-state index contributed by atoms with van der Waals surface area (Å²) in [6.07, 6.45) is 3.06. The molecular formula is C23H22N4O5S2. The fraction of sp³-hybridized carbons (Fsp3) is 0.261. The van der Waals surface area contributed by atoms with Gasteiger partial charge in [-0.1, -0.05) is 18.2 Å². The van der Waals surface area contributed by atoms with E-state index in [-0.39, 0.29) is 27.9 Å². The Morgan fingerprint density at radius 3 is 2.62 bits per heavy atom. The van der Waals surface area contributed by atoms with Gasteiger partial charge in [-0.25, -0.2) is 13.4 Å². The molecule has 0 spiro atoms. The smallest absolute Gasteiger partial charge is 0.289 e. The highest BCUT2D eigenvalue weighted by Crippen LogP contribution is 2.22. The van der Waals surface area contributed by atoms with Crippen molar-refractivity contribution in [3.8, 4) is 0 Å². The highest BCUT2D eigenvalue weighted by Gasteiger charge is 2.28. The Bertz CT molecular complexity index is 1480. The van der Waals surface area contributed by atoms with Crippen molar-refractivity contribution in [3.63, 3.8) is 0 Å². The monoisotopic (exact) mass is 498 g/mol. The maximum absolute atomic E-state index is 13.1. The molecule has 1 aromatic carbocycles. The van der Waals surface area contributed by atoms with Crippen LogP contribution in [0.2, 0.25) is 0 Å². The van der Waals surface area contributed by atoms with Crippen LogP contribution in [0.25, 0.3) is 4.96 Å². The number of thiazole rings is 1. The van der Waals surface area contributed by atoms with E-state index in [1.54, 1.807) is 35.4 Å². The average molecular weight is 499 g/mol. The van der Waals surface area contributed by atoms with Gasteiger partial charge in [0, 0.05) is 55.9 Å². The molecule has 0 aliphatic carbocycles. The number of carbonyl (C=O) groups is 1. The van der Waals surface area contributed by atoms with Crippen LogP contribution in [0.1, 0.15) is 21.8 Å². The van der Waals surface area contributed by atoms with Crippen LogP contribution in [-0.4, -0.2) is 59.7 Å². The summed E-state index contributed by atoms with van der Waals surface area (Å²) in [7, 11) is -3.60. The minimum Gasteiger partial charge on any atom is -0.459 e. The van der Waals surface area contributed by atoms with E-state index >= 15 is 0 Å². The largest absolute Gasteiger partial charge is 0.459 e. The highest BCUT2D eigenvalue weighted by atomic mass is 32.2. The summed E-state index contributed by atoms with van der Waals surface area (Å²) in [4.78, 5) is 34.5. The van der Waals surface area contributed by atoms with Gasteiger partial charge in [0.1, 0.15) is 0 Å². The third-order valence-corrected chi connectivity index (χ3v) is 8.23. The van der Waals surface area contributed by atoms with Crippen LogP contribution in [0, 0.1) is 0 Å². The van der Waals surface area contributed by atoms with E-state index in [0.29, 0.717) is 48.9 Å². The Labute approximate surface area is 199 Å². The molecule has 3 aromatic heterocycles. The number of hydrogen-bond acceptors (Lipinski definition) is 8. The van der Waals surface area contributed by atoms with Gasteiger partial charge < -0.3 is 9.32 Å². The van der Waals surface area contributed by atoms with Crippen molar-refractivity contribution in [2.75, 3.05) is 26.2 Å². The SMILES string of the molecule is O=C(c1occc1CS(=O)(=O)c1ccccc1)N1CCN(Cc2cc(=O)n3ccsc3n2)CC1. The van der Waals surface area contributed by atoms with Gasteiger partial charge in [-0.05, 0) is 18.2 Å². The first-order valence-electron chi connectivity index (χ1n) is 10.7. The van der Waals surface area contributed by atoms with Crippen LogP contribution in [0.3, 0.4) is 0 Å². The number of aromatic nitrogens is 2. The van der Waals surface area contributed by atoms with E-state index in [0.717, 1.165) is 0 Å². The molecule has 1 aliphatic heterocycles. The number of sulfone groups is 1. The minimum absolute atomic E-state index is 0.0609. The molecule has 0 saturated carbocycles. The number of fused-ring (bicyclic) bond motifs is 1. The Kier molecular flexibility index (Phi) is 6.07. The molecule has 1 aliphatic rings. The average Bonchev–Trinajstić information content (AvgIpc) is 3.49. The zero-order valence-electron chi connectivity index (χ0n) is 18.2. The van der Waals surface area contributed by atoms with Crippen molar-refractivity contribution in [2.24, 2.45) is 0 Å². The molecular weight excluding hydrogens is 476 g/mol. The van der Waals surface area contributed by atoms with Crippen molar-refractivity contribution in [1.29, 1.82) is 0 Å². The summed E-state index contributed by atoms with van der Waals surface area (Å²) in [5, 5.41) is 1.83. The second-order valence-electron chi connectivity index (χ2n) is 8.06. The van der Waals surface area contributed by atoms with E-state index in [1.165, 1.54) is 40.2 Å². The lowest BCUT2D eigenvalue weighted by Gasteiger charge is -2.34. The van der Waals surface area contributed by atoms with E-state index in [1.807, 2.05) is 5.38 Å². The molecule has 0 bridgehead atoms. The number of benzene rings is 1. The summed E-state index contributed by atoms with van der Waals surface area (Å²) in [6.45, 7) is 2.66. The molecule has 34 heavy (non-hydrogen) atoms. The number of rotatable bonds is 6. The number of amides is 1. The van der Waals surface area contributed by atoms with Crippen LogP contribution >= 0.6 is 11.3 Å². The quantitative estimate of drug-likeness (QED) is 0.402. The van der Waals surface area contributed by atoms with Crippen LogP contribution < -0.4 is 5.56 Å². The third kappa shape index (κ3) is 4.54. The first kappa shape index (κ1) is 22.5. The van der Waals surface area contributed by atoms with E-state index in [2.05, 4.69) is 9.88 Å². The van der Waals surface area contributed by atoms with Gasteiger partial charge in [0.2, 0.25) is 0 Å². The van der Waals surface area contributed by atoms with Crippen LogP contribution in [-0.2, 0) is 22.1 Å². The second-order valence-corrected chi connectivity index (χ2v) is 10.9. The van der Waals surface area contributed by atoms with Crippen molar-refractivity contribution >= 4 is 32.0 Å². The Hall–Kier alpha value is -3.28. The predicted molar refractivity (Wildman–Crippen MR) is 127 cm³/mol. The molecule has 5 rings (SSSR count). The third-order valence-electron chi connectivity index (χ3n) is 5.79. The molecule has 0 unspecified atom stereocenters. The standard InChI is InChI=1S/C23H22N4O5S2/c28-20-14-18(24-23-27(20)11-13-33-23)15-25-7-9-26(10-8-25)22(29)21-17(6-12-32-21)16-34(30,31)19-4-2-1-3-5-19/h1-6,11-14H,7-10,15-16H2. The van der Waals surface area contributed by atoms with E-state index < -0.39 is 9.84 Å². The Morgan fingerprint density at radius 1 is 1.09 bits per heavy atom. The fourth-order valence-corrected chi connectivity index (χ4v) is 6.12. The van der Waals surface area contributed by atoms with Gasteiger partial charge in [-0.15, -0.1) is 11.3 Å². The van der Waals surface area contributed by atoms with Crippen LogP contribution in [0.4, 0.5) is 0 Å². The second kappa shape index (κ2) is 9.16.